The molecule has 0 N–H and O–H groups in total. The third kappa shape index (κ3) is 3.94. The molecule has 4 rings (SSSR count). The molecule has 0 radical (unpaired) electrons. The van der Waals surface area contributed by atoms with Gasteiger partial charge >= 0.3 is 0 Å². The second-order valence-electron chi connectivity index (χ2n) is 6.83. The van der Waals surface area contributed by atoms with Crippen LogP contribution in [-0.2, 0) is 20.2 Å². The van der Waals surface area contributed by atoms with Crippen LogP contribution in [0.1, 0.15) is 35.7 Å². The van der Waals surface area contributed by atoms with Crippen molar-refractivity contribution in [1.29, 1.82) is 0 Å². The van der Waals surface area contributed by atoms with Crippen LogP contribution < -0.4 is 4.74 Å². The second kappa shape index (κ2) is 7.70. The van der Waals surface area contributed by atoms with Crippen molar-refractivity contribution in [3.8, 4) is 5.75 Å². The minimum absolute atomic E-state index is 0.476. The van der Waals surface area contributed by atoms with Crippen molar-refractivity contribution in [3.05, 3.63) is 77.9 Å². The highest BCUT2D eigenvalue weighted by atomic mass is 16.5. The molecule has 3 heterocycles. The molecule has 1 atom stereocenters. The molecule has 2 aromatic heterocycles. The Morgan fingerprint density at radius 1 is 1.15 bits per heavy atom. The normalized spacial score (nSPS) is 17.5. The standard InChI is InChI=1S/C21H24N4O/c1-24-15-18(13-23-24)21-6-4-12-25(21)14-17-7-9-20(10-8-17)26-16-19-5-2-3-11-22-19/h2-3,5,7-11,13,15,21H,4,6,12,14,16H2,1H3/t21-/m0/s1. The van der Waals surface area contributed by atoms with Gasteiger partial charge in [0, 0.05) is 37.6 Å². The van der Waals surface area contributed by atoms with Crippen LogP contribution in [0, 0.1) is 0 Å². The minimum atomic E-state index is 0.476. The van der Waals surface area contributed by atoms with Crippen molar-refractivity contribution in [2.24, 2.45) is 7.05 Å². The van der Waals surface area contributed by atoms with E-state index in [2.05, 4.69) is 33.3 Å². The van der Waals surface area contributed by atoms with Crippen LogP contribution in [0.4, 0.5) is 0 Å². The molecule has 1 fully saturated rings. The number of hydrogen-bond donors (Lipinski definition) is 0. The van der Waals surface area contributed by atoms with Crippen molar-refractivity contribution < 1.29 is 4.74 Å². The summed E-state index contributed by atoms with van der Waals surface area (Å²) in [5.41, 5.74) is 3.57. The highest BCUT2D eigenvalue weighted by Gasteiger charge is 2.26. The summed E-state index contributed by atoms with van der Waals surface area (Å²) in [5.74, 6) is 0.879. The van der Waals surface area contributed by atoms with Gasteiger partial charge in [0.25, 0.3) is 0 Å². The first-order valence-electron chi connectivity index (χ1n) is 9.12. The molecule has 1 aliphatic heterocycles. The summed E-state index contributed by atoms with van der Waals surface area (Å²) >= 11 is 0. The van der Waals surface area contributed by atoms with E-state index in [0.717, 1.165) is 24.5 Å². The van der Waals surface area contributed by atoms with Gasteiger partial charge in [0.1, 0.15) is 12.4 Å². The minimum Gasteiger partial charge on any atom is -0.487 e. The maximum absolute atomic E-state index is 5.82. The van der Waals surface area contributed by atoms with Crippen LogP contribution in [0.5, 0.6) is 5.75 Å². The molecule has 5 heteroatoms. The van der Waals surface area contributed by atoms with Gasteiger partial charge < -0.3 is 4.74 Å². The average Bonchev–Trinajstić information content (AvgIpc) is 3.31. The predicted octanol–water partition coefficient (Wildman–Crippen LogP) is 3.73. The fraction of sp³-hybridized carbons (Fsp3) is 0.333. The fourth-order valence-corrected chi connectivity index (χ4v) is 3.57. The van der Waals surface area contributed by atoms with Crippen LogP contribution in [0.25, 0.3) is 0 Å². The second-order valence-corrected chi connectivity index (χ2v) is 6.83. The Hall–Kier alpha value is -2.66. The third-order valence-electron chi connectivity index (χ3n) is 4.90. The lowest BCUT2D eigenvalue weighted by Gasteiger charge is -2.23. The van der Waals surface area contributed by atoms with E-state index < -0.39 is 0 Å². The van der Waals surface area contributed by atoms with Crippen molar-refractivity contribution >= 4 is 0 Å². The van der Waals surface area contributed by atoms with Crippen LogP contribution in [0.3, 0.4) is 0 Å². The first kappa shape index (κ1) is 16.8. The van der Waals surface area contributed by atoms with Crippen LogP contribution >= 0.6 is 0 Å². The number of ether oxygens (including phenoxy) is 1. The van der Waals surface area contributed by atoms with E-state index in [9.17, 15) is 0 Å². The number of nitrogens with zero attached hydrogens (tertiary/aromatic N) is 4. The Labute approximate surface area is 154 Å². The van der Waals surface area contributed by atoms with Gasteiger partial charge in [-0.05, 0) is 49.2 Å². The predicted molar refractivity (Wildman–Crippen MR) is 101 cm³/mol. The van der Waals surface area contributed by atoms with Crippen LogP contribution in [-0.4, -0.2) is 26.2 Å². The van der Waals surface area contributed by atoms with Crippen molar-refractivity contribution in [1.82, 2.24) is 19.7 Å². The molecule has 1 aliphatic rings. The van der Waals surface area contributed by atoms with Crippen molar-refractivity contribution in [3.63, 3.8) is 0 Å². The van der Waals surface area contributed by atoms with E-state index in [1.807, 2.05) is 48.3 Å². The van der Waals surface area contributed by atoms with Gasteiger partial charge in [-0.2, -0.15) is 5.10 Å². The first-order valence-corrected chi connectivity index (χ1v) is 9.12. The Morgan fingerprint density at radius 3 is 2.77 bits per heavy atom. The first-order chi connectivity index (χ1) is 12.8. The van der Waals surface area contributed by atoms with Crippen LogP contribution in [0.2, 0.25) is 0 Å². The molecular formula is C21H24N4O. The lowest BCUT2D eigenvalue weighted by molar-refractivity contribution is 0.248. The molecule has 3 aromatic rings. The Bertz CT molecular complexity index is 829. The molecule has 0 spiro atoms. The number of likely N-dealkylation sites (tertiary alicyclic amines) is 1. The maximum atomic E-state index is 5.82. The molecule has 0 unspecified atom stereocenters. The summed E-state index contributed by atoms with van der Waals surface area (Å²) in [5, 5.41) is 4.33. The molecule has 0 amide bonds. The summed E-state index contributed by atoms with van der Waals surface area (Å²) < 4.78 is 7.71. The van der Waals surface area contributed by atoms with Gasteiger partial charge in [-0.1, -0.05) is 18.2 Å². The summed E-state index contributed by atoms with van der Waals surface area (Å²) in [6.45, 7) is 2.59. The third-order valence-corrected chi connectivity index (χ3v) is 4.90. The molecule has 0 saturated carbocycles. The largest absolute Gasteiger partial charge is 0.487 e. The van der Waals surface area contributed by atoms with Gasteiger partial charge in [-0.15, -0.1) is 0 Å². The Balaban J connectivity index is 1.36. The molecule has 1 saturated heterocycles. The van der Waals surface area contributed by atoms with Gasteiger partial charge in [-0.3, -0.25) is 14.6 Å². The molecule has 134 valence electrons. The molecule has 26 heavy (non-hydrogen) atoms. The molecule has 1 aromatic carbocycles. The van der Waals surface area contributed by atoms with Crippen molar-refractivity contribution in [2.45, 2.75) is 32.0 Å². The smallest absolute Gasteiger partial charge is 0.130 e. The summed E-state index contributed by atoms with van der Waals surface area (Å²) in [7, 11) is 1.98. The van der Waals surface area contributed by atoms with Crippen LogP contribution in [0.15, 0.2) is 61.1 Å². The molecule has 0 aliphatic carbocycles. The monoisotopic (exact) mass is 348 g/mol. The zero-order valence-corrected chi connectivity index (χ0v) is 15.1. The number of rotatable bonds is 6. The highest BCUT2D eigenvalue weighted by molar-refractivity contribution is 5.28. The topological polar surface area (TPSA) is 43.2 Å². The average molecular weight is 348 g/mol. The molecule has 5 nitrogen and oxygen atoms in total. The van der Waals surface area contributed by atoms with E-state index in [-0.39, 0.29) is 0 Å². The number of benzene rings is 1. The number of aryl methyl sites for hydroxylation is 1. The quantitative estimate of drug-likeness (QED) is 0.681. The van der Waals surface area contributed by atoms with Gasteiger partial charge in [0.2, 0.25) is 0 Å². The Kier molecular flexibility index (Phi) is 4.97. The Morgan fingerprint density at radius 2 is 2.04 bits per heavy atom. The number of aromatic nitrogens is 3. The van der Waals surface area contributed by atoms with Gasteiger partial charge in [0.15, 0.2) is 0 Å². The highest BCUT2D eigenvalue weighted by Crippen LogP contribution is 2.33. The van der Waals surface area contributed by atoms with Gasteiger partial charge in [-0.25, -0.2) is 0 Å². The van der Waals surface area contributed by atoms with E-state index in [1.54, 1.807) is 6.20 Å². The molecule has 0 bridgehead atoms. The van der Waals surface area contributed by atoms with E-state index >= 15 is 0 Å². The fourth-order valence-electron chi connectivity index (χ4n) is 3.57. The van der Waals surface area contributed by atoms with Gasteiger partial charge in [0.05, 0.1) is 11.9 Å². The van der Waals surface area contributed by atoms with Crippen molar-refractivity contribution in [2.75, 3.05) is 6.54 Å². The van der Waals surface area contributed by atoms with E-state index in [0.29, 0.717) is 12.6 Å². The van der Waals surface area contributed by atoms with E-state index in [1.165, 1.54) is 24.0 Å². The summed E-state index contributed by atoms with van der Waals surface area (Å²) in [6.07, 6.45) is 8.37. The number of hydrogen-bond acceptors (Lipinski definition) is 4. The van der Waals surface area contributed by atoms with E-state index in [4.69, 9.17) is 4.74 Å². The zero-order chi connectivity index (χ0) is 17.8. The lowest BCUT2D eigenvalue weighted by Crippen LogP contribution is -2.22. The number of pyridine rings is 1. The summed E-state index contributed by atoms with van der Waals surface area (Å²) in [4.78, 5) is 6.82. The lowest BCUT2D eigenvalue weighted by atomic mass is 10.1. The molecular weight excluding hydrogens is 324 g/mol. The summed E-state index contributed by atoms with van der Waals surface area (Å²) in [6, 6.07) is 14.8. The SMILES string of the molecule is Cn1cc([C@@H]2CCCN2Cc2ccc(OCc3ccccn3)cc2)cn1. The zero-order valence-electron chi connectivity index (χ0n) is 15.1. The maximum Gasteiger partial charge on any atom is 0.130 e.